The summed E-state index contributed by atoms with van der Waals surface area (Å²) in [4.78, 5) is 21.2. The monoisotopic (exact) mass is 267 g/mol. The highest BCUT2D eigenvalue weighted by Crippen LogP contribution is 2.17. The van der Waals surface area contributed by atoms with Gasteiger partial charge in [-0.3, -0.25) is 14.9 Å². The lowest BCUT2D eigenvalue weighted by molar-refractivity contribution is -0.384. The van der Waals surface area contributed by atoms with Crippen LogP contribution in [0.15, 0.2) is 24.3 Å². The lowest BCUT2D eigenvalue weighted by atomic mass is 10.2. The Labute approximate surface area is 110 Å². The van der Waals surface area contributed by atoms with Gasteiger partial charge in [-0.2, -0.15) is 0 Å². The Bertz CT molecular complexity index is 433. The van der Waals surface area contributed by atoms with Gasteiger partial charge in [0.15, 0.2) is 0 Å². The number of hydrogen-bond acceptors (Lipinski definition) is 5. The van der Waals surface area contributed by atoms with E-state index in [2.05, 4.69) is 5.32 Å². The first-order valence-electron chi connectivity index (χ1n) is 5.94. The maximum atomic E-state index is 11.2. The maximum absolute atomic E-state index is 11.2. The number of carbonyl (C=O) groups is 1. The number of nitrogens with two attached hydrogens (primary N) is 1. The molecule has 0 bridgehead atoms. The first-order chi connectivity index (χ1) is 9.04. The second-order valence-electron chi connectivity index (χ2n) is 3.97. The van der Waals surface area contributed by atoms with Crippen LogP contribution in [0.5, 0.6) is 5.75 Å². The van der Waals surface area contributed by atoms with E-state index in [0.717, 1.165) is 6.42 Å². The fourth-order valence-corrected chi connectivity index (χ4v) is 1.40. The predicted octanol–water partition coefficient (Wildman–Crippen LogP) is 0.827. The molecule has 104 valence electrons. The van der Waals surface area contributed by atoms with Gasteiger partial charge in [0.05, 0.1) is 4.92 Å². The van der Waals surface area contributed by atoms with E-state index in [0.29, 0.717) is 12.3 Å². The molecule has 0 aromatic heterocycles. The molecule has 19 heavy (non-hydrogen) atoms. The minimum absolute atomic E-state index is 0.0112. The van der Waals surface area contributed by atoms with E-state index in [1.54, 1.807) is 0 Å². The average molecular weight is 267 g/mol. The number of ether oxygens (including phenoxy) is 1. The molecule has 3 N–H and O–H groups in total. The second kappa shape index (κ2) is 7.32. The number of non-ortho nitro benzene ring substituents is 1. The van der Waals surface area contributed by atoms with Crippen molar-refractivity contribution >= 4 is 11.6 Å². The van der Waals surface area contributed by atoms with Gasteiger partial charge in [-0.25, -0.2) is 0 Å². The van der Waals surface area contributed by atoms with Crippen LogP contribution >= 0.6 is 0 Å². The Morgan fingerprint density at radius 3 is 2.58 bits per heavy atom. The molecule has 1 rings (SSSR count). The summed E-state index contributed by atoms with van der Waals surface area (Å²) < 4.78 is 5.38. The molecule has 0 heterocycles. The van der Waals surface area contributed by atoms with Crippen LogP contribution in [0.4, 0.5) is 5.69 Å². The van der Waals surface area contributed by atoms with Gasteiger partial charge in [0.1, 0.15) is 18.4 Å². The molecule has 0 saturated carbocycles. The van der Waals surface area contributed by atoms with E-state index in [4.69, 9.17) is 10.5 Å². The van der Waals surface area contributed by atoms with E-state index in [-0.39, 0.29) is 12.3 Å². The van der Waals surface area contributed by atoms with Crippen molar-refractivity contribution in [2.24, 2.45) is 5.73 Å². The van der Waals surface area contributed by atoms with E-state index in [9.17, 15) is 14.9 Å². The molecule has 1 aromatic rings. The van der Waals surface area contributed by atoms with Crippen molar-refractivity contribution in [3.8, 4) is 5.75 Å². The summed E-state index contributed by atoms with van der Waals surface area (Å²) in [5, 5.41) is 13.4. The molecule has 1 amide bonds. The Morgan fingerprint density at radius 2 is 2.11 bits per heavy atom. The summed E-state index contributed by atoms with van der Waals surface area (Å²) in [6.45, 7) is 2.73. The quantitative estimate of drug-likeness (QED) is 0.535. The number of amides is 1. The molecule has 7 heteroatoms. The SMILES string of the molecule is CCCNC(COc1ccc([N+](=O)[O-])cc1)C(N)=O. The fraction of sp³-hybridized carbons (Fsp3) is 0.417. The summed E-state index contributed by atoms with van der Waals surface area (Å²) >= 11 is 0. The molecule has 7 nitrogen and oxygen atoms in total. The number of primary amides is 1. The van der Waals surface area contributed by atoms with Gasteiger partial charge in [0.25, 0.3) is 5.69 Å². The number of nitro benzene ring substituents is 1. The molecular formula is C12H17N3O4. The third kappa shape index (κ3) is 4.92. The third-order valence-corrected chi connectivity index (χ3v) is 2.45. The number of nitro groups is 1. The molecule has 0 spiro atoms. The largest absolute Gasteiger partial charge is 0.491 e. The van der Waals surface area contributed by atoms with Crippen molar-refractivity contribution in [3.63, 3.8) is 0 Å². The molecule has 0 aliphatic carbocycles. The van der Waals surface area contributed by atoms with Crippen LogP contribution < -0.4 is 15.8 Å². The van der Waals surface area contributed by atoms with Crippen molar-refractivity contribution in [2.75, 3.05) is 13.2 Å². The summed E-state index contributed by atoms with van der Waals surface area (Å²) in [6, 6.07) is 5.07. The topological polar surface area (TPSA) is 107 Å². The van der Waals surface area contributed by atoms with Crippen LogP contribution in [0.1, 0.15) is 13.3 Å². The van der Waals surface area contributed by atoms with Gasteiger partial charge >= 0.3 is 0 Å². The van der Waals surface area contributed by atoms with Gasteiger partial charge in [0.2, 0.25) is 5.91 Å². The van der Waals surface area contributed by atoms with Gasteiger partial charge < -0.3 is 15.8 Å². The van der Waals surface area contributed by atoms with Crippen molar-refractivity contribution in [2.45, 2.75) is 19.4 Å². The van der Waals surface area contributed by atoms with Crippen molar-refractivity contribution in [1.29, 1.82) is 0 Å². The highest BCUT2D eigenvalue weighted by Gasteiger charge is 2.15. The molecular weight excluding hydrogens is 250 g/mol. The first kappa shape index (κ1) is 14.9. The van der Waals surface area contributed by atoms with E-state index in [1.807, 2.05) is 6.92 Å². The van der Waals surface area contributed by atoms with E-state index >= 15 is 0 Å². The van der Waals surface area contributed by atoms with Gasteiger partial charge in [-0.15, -0.1) is 0 Å². The molecule has 0 saturated heterocycles. The number of benzene rings is 1. The van der Waals surface area contributed by atoms with Crippen molar-refractivity contribution in [1.82, 2.24) is 5.32 Å². The zero-order valence-electron chi connectivity index (χ0n) is 10.7. The smallest absolute Gasteiger partial charge is 0.269 e. The molecule has 0 aliphatic rings. The number of carbonyl (C=O) groups excluding carboxylic acids is 1. The van der Waals surface area contributed by atoms with Crippen LogP contribution in [-0.2, 0) is 4.79 Å². The number of rotatable bonds is 8. The van der Waals surface area contributed by atoms with Gasteiger partial charge in [-0.05, 0) is 25.1 Å². The fourth-order valence-electron chi connectivity index (χ4n) is 1.40. The normalized spacial score (nSPS) is 11.8. The zero-order chi connectivity index (χ0) is 14.3. The van der Waals surface area contributed by atoms with Crippen LogP contribution in [0.2, 0.25) is 0 Å². The van der Waals surface area contributed by atoms with Gasteiger partial charge in [0, 0.05) is 12.1 Å². The average Bonchev–Trinajstić information content (AvgIpc) is 2.39. The van der Waals surface area contributed by atoms with Gasteiger partial charge in [-0.1, -0.05) is 6.92 Å². The Kier molecular flexibility index (Phi) is 5.74. The number of hydrogen-bond donors (Lipinski definition) is 2. The molecule has 1 unspecified atom stereocenters. The summed E-state index contributed by atoms with van der Waals surface area (Å²) in [5.74, 6) is -0.0366. The Balaban J connectivity index is 2.54. The van der Waals surface area contributed by atoms with Crippen LogP contribution in [0.3, 0.4) is 0 Å². The molecule has 1 atom stereocenters. The molecule has 1 aromatic carbocycles. The van der Waals surface area contributed by atoms with Crippen molar-refractivity contribution < 1.29 is 14.5 Å². The second-order valence-corrected chi connectivity index (χ2v) is 3.97. The summed E-state index contributed by atoms with van der Waals surface area (Å²) in [7, 11) is 0. The third-order valence-electron chi connectivity index (χ3n) is 2.45. The lowest BCUT2D eigenvalue weighted by Gasteiger charge is -2.15. The first-order valence-corrected chi connectivity index (χ1v) is 5.94. The van der Waals surface area contributed by atoms with Crippen LogP contribution in [-0.4, -0.2) is 30.0 Å². The summed E-state index contributed by atoms with van der Waals surface area (Å²) in [6.07, 6.45) is 0.876. The zero-order valence-corrected chi connectivity index (χ0v) is 10.7. The van der Waals surface area contributed by atoms with Crippen LogP contribution in [0.25, 0.3) is 0 Å². The Hall–Kier alpha value is -2.15. The molecule has 0 fully saturated rings. The highest BCUT2D eigenvalue weighted by molar-refractivity contribution is 5.80. The number of nitrogens with one attached hydrogen (secondary N) is 1. The highest BCUT2D eigenvalue weighted by atomic mass is 16.6. The lowest BCUT2D eigenvalue weighted by Crippen LogP contribution is -2.45. The van der Waals surface area contributed by atoms with Crippen molar-refractivity contribution in [3.05, 3.63) is 34.4 Å². The maximum Gasteiger partial charge on any atom is 0.269 e. The summed E-state index contributed by atoms with van der Waals surface area (Å²) in [5.41, 5.74) is 5.22. The van der Waals surface area contributed by atoms with Crippen LogP contribution in [0, 0.1) is 10.1 Å². The molecule has 0 radical (unpaired) electrons. The number of nitrogens with zero attached hydrogens (tertiary/aromatic N) is 1. The van der Waals surface area contributed by atoms with E-state index < -0.39 is 16.9 Å². The predicted molar refractivity (Wildman–Crippen MR) is 69.9 cm³/mol. The standard InChI is InChI=1S/C12H17N3O4/c1-2-7-14-11(12(13)16)8-19-10-5-3-9(4-6-10)15(17)18/h3-6,11,14H,2,7-8H2,1H3,(H2,13,16). The Morgan fingerprint density at radius 1 is 1.47 bits per heavy atom. The minimum atomic E-state index is -0.574. The minimum Gasteiger partial charge on any atom is -0.491 e. The van der Waals surface area contributed by atoms with E-state index in [1.165, 1.54) is 24.3 Å². The molecule has 0 aliphatic heterocycles.